The van der Waals surface area contributed by atoms with Crippen LogP contribution in [-0.4, -0.2) is 42.8 Å². The van der Waals surface area contributed by atoms with Gasteiger partial charge in [0, 0.05) is 43.2 Å². The van der Waals surface area contributed by atoms with Crippen LogP contribution in [0, 0.1) is 13.8 Å². The monoisotopic (exact) mass is 445 g/mol. The van der Waals surface area contributed by atoms with E-state index in [1.807, 2.05) is 26.0 Å². The molecule has 31 heavy (non-hydrogen) atoms. The summed E-state index contributed by atoms with van der Waals surface area (Å²) in [6.45, 7) is 5.40. The standard InChI is InChI=1S/C23H31N3O4S/c1-18-15-21(27)16-19(2)26(18)17-23(28)24-12-11-20-7-9-22(10-8-20)31(29,30)25-13-5-3-4-6-14-25/h7-10,15-16H,3-6,11-14,17H2,1-2H3,(H,24,28). The number of rotatable bonds is 7. The first-order valence-corrected chi connectivity index (χ1v) is 12.3. The van der Waals surface area contributed by atoms with Crippen molar-refractivity contribution in [3.8, 4) is 0 Å². The van der Waals surface area contributed by atoms with Crippen molar-refractivity contribution in [2.45, 2.75) is 57.4 Å². The third-order valence-electron chi connectivity index (χ3n) is 5.72. The minimum Gasteiger partial charge on any atom is -0.354 e. The molecule has 0 radical (unpaired) electrons. The number of aryl methyl sites for hydroxylation is 2. The van der Waals surface area contributed by atoms with Crippen molar-refractivity contribution >= 4 is 15.9 Å². The second-order valence-electron chi connectivity index (χ2n) is 8.12. The lowest BCUT2D eigenvalue weighted by Crippen LogP contribution is -2.32. The summed E-state index contributed by atoms with van der Waals surface area (Å²) in [6.07, 6.45) is 4.60. The van der Waals surface area contributed by atoms with Gasteiger partial charge in [-0.1, -0.05) is 25.0 Å². The van der Waals surface area contributed by atoms with Crippen LogP contribution in [0.25, 0.3) is 0 Å². The minimum atomic E-state index is -3.44. The summed E-state index contributed by atoms with van der Waals surface area (Å²) in [7, 11) is -3.44. The van der Waals surface area contributed by atoms with Crippen molar-refractivity contribution in [3.05, 3.63) is 63.6 Å². The Morgan fingerprint density at radius 3 is 2.13 bits per heavy atom. The maximum atomic E-state index is 12.9. The highest BCUT2D eigenvalue weighted by atomic mass is 32.2. The van der Waals surface area contributed by atoms with Gasteiger partial charge in [0.25, 0.3) is 0 Å². The number of carbonyl (C=O) groups excluding carboxylic acids is 1. The van der Waals surface area contributed by atoms with E-state index in [4.69, 9.17) is 0 Å². The predicted octanol–water partition coefficient (Wildman–Crippen LogP) is 2.39. The molecule has 3 rings (SSSR count). The zero-order valence-electron chi connectivity index (χ0n) is 18.3. The zero-order chi connectivity index (χ0) is 22.4. The van der Waals surface area contributed by atoms with Crippen LogP contribution in [0.2, 0.25) is 0 Å². The highest BCUT2D eigenvalue weighted by Gasteiger charge is 2.24. The number of carbonyl (C=O) groups is 1. The number of aromatic nitrogens is 1. The van der Waals surface area contributed by atoms with Crippen molar-refractivity contribution in [2.75, 3.05) is 19.6 Å². The molecule has 1 aliphatic rings. The van der Waals surface area contributed by atoms with Gasteiger partial charge in [-0.05, 0) is 50.8 Å². The Morgan fingerprint density at radius 1 is 0.968 bits per heavy atom. The minimum absolute atomic E-state index is 0.0621. The van der Waals surface area contributed by atoms with Gasteiger partial charge in [0.2, 0.25) is 15.9 Å². The van der Waals surface area contributed by atoms with Crippen LogP contribution in [-0.2, 0) is 27.8 Å². The predicted molar refractivity (Wildman–Crippen MR) is 121 cm³/mol. The third-order valence-corrected chi connectivity index (χ3v) is 7.63. The Morgan fingerprint density at radius 2 is 1.55 bits per heavy atom. The highest BCUT2D eigenvalue weighted by molar-refractivity contribution is 7.89. The molecule has 8 heteroatoms. The number of nitrogens with zero attached hydrogens (tertiary/aromatic N) is 2. The Labute approximate surface area is 184 Å². The molecule has 1 saturated heterocycles. The topological polar surface area (TPSA) is 88.5 Å². The molecule has 1 amide bonds. The lowest BCUT2D eigenvalue weighted by molar-refractivity contribution is -0.121. The fourth-order valence-corrected chi connectivity index (χ4v) is 5.46. The van der Waals surface area contributed by atoms with Gasteiger partial charge in [-0.15, -0.1) is 0 Å². The molecule has 0 spiro atoms. The lowest BCUT2D eigenvalue weighted by Gasteiger charge is -2.20. The number of nitrogens with one attached hydrogen (secondary N) is 1. The number of benzene rings is 1. The van der Waals surface area contributed by atoms with E-state index in [0.29, 0.717) is 31.0 Å². The Kier molecular flexibility index (Phi) is 7.67. The summed E-state index contributed by atoms with van der Waals surface area (Å²) in [5, 5.41) is 2.89. The van der Waals surface area contributed by atoms with Crippen LogP contribution >= 0.6 is 0 Å². The van der Waals surface area contributed by atoms with E-state index in [2.05, 4.69) is 5.32 Å². The SMILES string of the molecule is Cc1cc(=O)cc(C)n1CC(=O)NCCc1ccc(S(=O)(=O)N2CCCCCC2)cc1. The fraction of sp³-hybridized carbons (Fsp3) is 0.478. The molecule has 1 aliphatic heterocycles. The molecule has 1 N–H and O–H groups in total. The van der Waals surface area contributed by atoms with Gasteiger partial charge in [-0.3, -0.25) is 9.59 Å². The largest absolute Gasteiger partial charge is 0.354 e. The number of amides is 1. The number of hydrogen-bond acceptors (Lipinski definition) is 4. The molecule has 7 nitrogen and oxygen atoms in total. The maximum Gasteiger partial charge on any atom is 0.243 e. The first-order chi connectivity index (χ1) is 14.8. The number of pyridine rings is 1. The lowest BCUT2D eigenvalue weighted by atomic mass is 10.1. The van der Waals surface area contributed by atoms with Gasteiger partial charge < -0.3 is 9.88 Å². The summed E-state index contributed by atoms with van der Waals surface area (Å²) in [6, 6.07) is 9.97. The van der Waals surface area contributed by atoms with Crippen molar-refractivity contribution < 1.29 is 13.2 Å². The molecule has 2 aromatic rings. The number of hydrogen-bond donors (Lipinski definition) is 1. The highest BCUT2D eigenvalue weighted by Crippen LogP contribution is 2.20. The second kappa shape index (κ2) is 10.2. The Balaban J connectivity index is 1.53. The molecule has 1 fully saturated rings. The van der Waals surface area contributed by atoms with Crippen molar-refractivity contribution in [2.24, 2.45) is 0 Å². The molecule has 0 aliphatic carbocycles. The van der Waals surface area contributed by atoms with E-state index < -0.39 is 10.0 Å². The Bertz CT molecular complexity index is 1040. The summed E-state index contributed by atoms with van der Waals surface area (Å²) in [5.41, 5.74) is 2.40. The molecular weight excluding hydrogens is 414 g/mol. The smallest absolute Gasteiger partial charge is 0.243 e. The Hall–Kier alpha value is -2.45. The van der Waals surface area contributed by atoms with Crippen molar-refractivity contribution in [3.63, 3.8) is 0 Å². The molecule has 1 aromatic carbocycles. The van der Waals surface area contributed by atoms with Crippen LogP contribution in [0.15, 0.2) is 46.1 Å². The van der Waals surface area contributed by atoms with E-state index in [0.717, 1.165) is 42.6 Å². The van der Waals surface area contributed by atoms with Crippen LogP contribution in [0.4, 0.5) is 0 Å². The molecular formula is C23H31N3O4S. The first kappa shape index (κ1) is 23.2. The van der Waals surface area contributed by atoms with Gasteiger partial charge in [-0.25, -0.2) is 8.42 Å². The van der Waals surface area contributed by atoms with E-state index in [-0.39, 0.29) is 17.9 Å². The molecule has 2 heterocycles. The van der Waals surface area contributed by atoms with Gasteiger partial charge in [0.05, 0.1) is 4.90 Å². The van der Waals surface area contributed by atoms with E-state index in [1.165, 1.54) is 12.1 Å². The van der Waals surface area contributed by atoms with E-state index in [1.54, 1.807) is 21.0 Å². The van der Waals surface area contributed by atoms with Gasteiger partial charge in [0.1, 0.15) is 6.54 Å². The van der Waals surface area contributed by atoms with Crippen LogP contribution in [0.3, 0.4) is 0 Å². The molecule has 1 aromatic heterocycles. The van der Waals surface area contributed by atoms with Gasteiger partial charge >= 0.3 is 0 Å². The van der Waals surface area contributed by atoms with Crippen molar-refractivity contribution in [1.82, 2.24) is 14.2 Å². The summed E-state index contributed by atoms with van der Waals surface area (Å²) >= 11 is 0. The van der Waals surface area contributed by atoms with Crippen molar-refractivity contribution in [1.29, 1.82) is 0 Å². The van der Waals surface area contributed by atoms with Gasteiger partial charge in [0.15, 0.2) is 5.43 Å². The quantitative estimate of drug-likeness (QED) is 0.709. The average molecular weight is 446 g/mol. The van der Waals surface area contributed by atoms with E-state index >= 15 is 0 Å². The fourth-order valence-electron chi connectivity index (χ4n) is 3.94. The normalized spacial score (nSPS) is 15.4. The number of sulfonamides is 1. The maximum absolute atomic E-state index is 12.9. The summed E-state index contributed by atoms with van der Waals surface area (Å²) in [5.74, 6) is -0.129. The van der Waals surface area contributed by atoms with E-state index in [9.17, 15) is 18.0 Å². The molecule has 0 atom stereocenters. The third kappa shape index (κ3) is 6.04. The van der Waals surface area contributed by atoms with Crippen LogP contribution in [0.1, 0.15) is 42.6 Å². The molecule has 0 bridgehead atoms. The average Bonchev–Trinajstić information content (AvgIpc) is 3.01. The zero-order valence-corrected chi connectivity index (χ0v) is 19.1. The summed E-state index contributed by atoms with van der Waals surface area (Å²) < 4.78 is 29.1. The van der Waals surface area contributed by atoms with Crippen LogP contribution < -0.4 is 10.7 Å². The summed E-state index contributed by atoms with van der Waals surface area (Å²) in [4.78, 5) is 24.1. The molecule has 0 unspecified atom stereocenters. The first-order valence-electron chi connectivity index (χ1n) is 10.8. The second-order valence-corrected chi connectivity index (χ2v) is 10.1. The molecule has 168 valence electrons. The van der Waals surface area contributed by atoms with Crippen LogP contribution in [0.5, 0.6) is 0 Å². The molecule has 0 saturated carbocycles. The van der Waals surface area contributed by atoms with Gasteiger partial charge in [-0.2, -0.15) is 4.31 Å².